The van der Waals surface area contributed by atoms with Crippen molar-refractivity contribution in [1.29, 1.82) is 0 Å². The van der Waals surface area contributed by atoms with Crippen LogP contribution in [-0.4, -0.2) is 136 Å². The average Bonchev–Trinajstić information content (AvgIpc) is 3.77. The Hall–Kier alpha value is -6.10. The molecule has 0 spiro atoms. The number of hydrogen-bond donors (Lipinski definition) is 4. The van der Waals surface area contributed by atoms with Crippen molar-refractivity contribution in [3.8, 4) is 0 Å². The number of likely N-dealkylation sites (N-methyl/N-ethyl adjacent to an activating group) is 1. The number of fused-ring (bicyclic) bond motifs is 1. The topological polar surface area (TPSA) is 207 Å². The Morgan fingerprint density at radius 2 is 1.67 bits per heavy atom. The molecule has 2 atom stereocenters. The number of urea groups is 1. The van der Waals surface area contributed by atoms with Crippen LogP contribution in [0.5, 0.6) is 0 Å². The number of amides is 7. The smallest absolute Gasteiger partial charge is 0.320 e. The van der Waals surface area contributed by atoms with Gasteiger partial charge in [0.15, 0.2) is 11.5 Å². The molecule has 3 aromatic rings. The van der Waals surface area contributed by atoms with E-state index in [1.54, 1.807) is 23.2 Å². The number of nitrogens with zero attached hydrogens (tertiary/aromatic N) is 7. The minimum Gasteiger partial charge on any atom is -0.379 e. The van der Waals surface area contributed by atoms with Crippen LogP contribution in [-0.2, 0) is 9.59 Å². The number of nitrogens with one attached hydrogen (secondary N) is 3. The first-order valence-corrected chi connectivity index (χ1v) is 23.1. The van der Waals surface area contributed by atoms with Gasteiger partial charge in [-0.1, -0.05) is 25.1 Å². The van der Waals surface area contributed by atoms with Crippen molar-refractivity contribution in [2.75, 3.05) is 68.4 Å². The molecular formula is C47H59N11O6. The maximum atomic E-state index is 13.8. The number of carbonyl (C=O) groups is 6. The fraction of sp³-hybridized carbons (Fsp3) is 0.532. The fourth-order valence-electron chi connectivity index (χ4n) is 10.9. The standard InChI is InChI=1S/C47H59N11O6/c1-3-47(53-35-8-4-7-34-39(35)45(63)58(44(34)62)36-13-14-38(59)52-43(36)61)19-15-29(16-20-47)27-55-22-17-31(18-23-55)30-9-11-32(12-10-30)50-42-40(41(48)60)49-26-37(51-42)56-21-5-6-33(28-56)57-25-24-54(2)46(57)64/h4,7-12,26,29,31,33,36,53H,3,5-6,13-25,27-28H2,1-2H3,(H2,48,60)(H,50,51)(H,52,59,61)/t29?,33-,36-,47?/m1/s1. The lowest BCUT2D eigenvalue weighted by Crippen LogP contribution is -2.54. The van der Waals surface area contributed by atoms with Crippen LogP contribution in [0.25, 0.3) is 0 Å². The van der Waals surface area contributed by atoms with Crippen LogP contribution in [0.3, 0.4) is 0 Å². The summed E-state index contributed by atoms with van der Waals surface area (Å²) in [6.45, 7) is 8.15. The van der Waals surface area contributed by atoms with E-state index in [0.29, 0.717) is 46.8 Å². The van der Waals surface area contributed by atoms with Gasteiger partial charge in [-0.3, -0.25) is 34.2 Å². The molecule has 5 fully saturated rings. The van der Waals surface area contributed by atoms with Gasteiger partial charge in [0.25, 0.3) is 17.7 Å². The summed E-state index contributed by atoms with van der Waals surface area (Å²) in [5, 5.41) is 9.31. The monoisotopic (exact) mass is 873 g/mol. The lowest BCUT2D eigenvalue weighted by molar-refractivity contribution is -0.136. The Morgan fingerprint density at radius 3 is 2.36 bits per heavy atom. The molecule has 338 valence electrons. The molecule has 6 heterocycles. The van der Waals surface area contributed by atoms with E-state index < -0.39 is 35.6 Å². The molecule has 0 bridgehead atoms. The summed E-state index contributed by atoms with van der Waals surface area (Å²) in [4.78, 5) is 95.4. The highest BCUT2D eigenvalue weighted by atomic mass is 16.2. The zero-order chi connectivity index (χ0) is 44.7. The molecule has 6 aliphatic rings. The van der Waals surface area contributed by atoms with Gasteiger partial charge in [0, 0.05) is 63.1 Å². The van der Waals surface area contributed by atoms with Crippen molar-refractivity contribution in [3.05, 3.63) is 71.0 Å². The van der Waals surface area contributed by atoms with Crippen LogP contribution in [0.15, 0.2) is 48.7 Å². The number of nitrogens with two attached hydrogens (primary N) is 1. The summed E-state index contributed by atoms with van der Waals surface area (Å²) in [5.41, 5.74) is 8.90. The van der Waals surface area contributed by atoms with Gasteiger partial charge < -0.3 is 36.0 Å². The van der Waals surface area contributed by atoms with Crippen molar-refractivity contribution >= 4 is 58.6 Å². The molecule has 0 radical (unpaired) electrons. The number of imide groups is 2. The largest absolute Gasteiger partial charge is 0.379 e. The predicted octanol–water partition coefficient (Wildman–Crippen LogP) is 4.69. The summed E-state index contributed by atoms with van der Waals surface area (Å²) in [6.07, 6.45) is 10.7. The van der Waals surface area contributed by atoms with Gasteiger partial charge in [0.1, 0.15) is 11.9 Å². The molecule has 2 aromatic carbocycles. The van der Waals surface area contributed by atoms with E-state index in [1.807, 2.05) is 30.1 Å². The van der Waals surface area contributed by atoms with Crippen LogP contribution in [0.4, 0.5) is 27.8 Å². The van der Waals surface area contributed by atoms with E-state index >= 15 is 0 Å². The van der Waals surface area contributed by atoms with E-state index in [9.17, 15) is 28.8 Å². The normalized spacial score (nSPS) is 25.8. The number of aromatic nitrogens is 2. The van der Waals surface area contributed by atoms with Crippen molar-refractivity contribution < 1.29 is 28.8 Å². The van der Waals surface area contributed by atoms with Crippen molar-refractivity contribution in [3.63, 3.8) is 0 Å². The molecular weight excluding hydrogens is 815 g/mol. The van der Waals surface area contributed by atoms with Gasteiger partial charge in [-0.15, -0.1) is 0 Å². The van der Waals surface area contributed by atoms with Gasteiger partial charge in [0.05, 0.1) is 23.4 Å². The van der Waals surface area contributed by atoms with E-state index in [1.165, 1.54) is 5.56 Å². The maximum absolute atomic E-state index is 13.8. The third-order valence-corrected chi connectivity index (χ3v) is 14.8. The molecule has 9 rings (SSSR count). The molecule has 1 aromatic heterocycles. The lowest BCUT2D eigenvalue weighted by Gasteiger charge is -2.43. The van der Waals surface area contributed by atoms with Crippen LogP contribution in [0.2, 0.25) is 0 Å². The Bertz CT molecular complexity index is 2320. The summed E-state index contributed by atoms with van der Waals surface area (Å²) < 4.78 is 0. The number of primary amides is 1. The summed E-state index contributed by atoms with van der Waals surface area (Å²) in [6, 6.07) is 12.8. The number of likely N-dealkylation sites (tertiary alicyclic amines) is 1. The zero-order valence-corrected chi connectivity index (χ0v) is 36.8. The highest BCUT2D eigenvalue weighted by Gasteiger charge is 2.47. The molecule has 1 saturated carbocycles. The number of piperidine rings is 3. The number of anilines is 4. The minimum atomic E-state index is -0.996. The highest BCUT2D eigenvalue weighted by molar-refractivity contribution is 6.25. The Morgan fingerprint density at radius 1 is 0.906 bits per heavy atom. The molecule has 17 nitrogen and oxygen atoms in total. The van der Waals surface area contributed by atoms with Gasteiger partial charge in [-0.25, -0.2) is 14.8 Å². The predicted molar refractivity (Wildman–Crippen MR) is 240 cm³/mol. The van der Waals surface area contributed by atoms with Gasteiger partial charge >= 0.3 is 6.03 Å². The molecule has 5 aliphatic heterocycles. The molecule has 1 aliphatic carbocycles. The first-order valence-electron chi connectivity index (χ1n) is 23.1. The number of carbonyl (C=O) groups excluding carboxylic acids is 6. The van der Waals surface area contributed by atoms with Crippen LogP contribution in [0.1, 0.15) is 120 Å². The van der Waals surface area contributed by atoms with Gasteiger partial charge in [-0.05, 0) is 119 Å². The Balaban J connectivity index is 0.768. The van der Waals surface area contributed by atoms with Gasteiger partial charge in [-0.2, -0.15) is 0 Å². The number of benzene rings is 2. The first-order chi connectivity index (χ1) is 30.9. The third kappa shape index (κ3) is 8.49. The fourth-order valence-corrected chi connectivity index (χ4v) is 10.9. The number of rotatable bonds is 12. The van der Waals surface area contributed by atoms with E-state index in [0.717, 1.165) is 108 Å². The third-order valence-electron chi connectivity index (χ3n) is 14.8. The summed E-state index contributed by atoms with van der Waals surface area (Å²) >= 11 is 0. The van der Waals surface area contributed by atoms with E-state index in [4.69, 9.17) is 10.7 Å². The van der Waals surface area contributed by atoms with Crippen molar-refractivity contribution in [1.82, 2.24) is 34.9 Å². The SMILES string of the molecule is CCC1(Nc2cccc3c2C(=O)N([C@@H]2CCC(=O)NC2=O)C3=O)CCC(CN2CCC(c3ccc(Nc4nc(N5CCC[C@@H](N6CCN(C)C6=O)C5)cnc4C(N)=O)cc3)CC2)CC1. The highest BCUT2D eigenvalue weighted by Crippen LogP contribution is 2.41. The zero-order valence-electron chi connectivity index (χ0n) is 36.8. The minimum absolute atomic E-state index is 0.0619. The van der Waals surface area contributed by atoms with Crippen molar-refractivity contribution in [2.45, 2.75) is 101 Å². The molecule has 64 heavy (non-hydrogen) atoms. The van der Waals surface area contributed by atoms with Gasteiger partial charge in [0.2, 0.25) is 11.8 Å². The Kier molecular flexibility index (Phi) is 12.0. The molecule has 7 amide bonds. The number of hydrogen-bond acceptors (Lipinski definition) is 12. The second kappa shape index (κ2) is 17.8. The summed E-state index contributed by atoms with van der Waals surface area (Å²) in [5.74, 6) is -0.678. The average molecular weight is 874 g/mol. The molecule has 0 unspecified atom stereocenters. The molecule has 5 N–H and O–H groups in total. The van der Waals surface area contributed by atoms with Crippen LogP contribution < -0.4 is 26.6 Å². The molecule has 4 saturated heterocycles. The summed E-state index contributed by atoms with van der Waals surface area (Å²) in [7, 11) is 1.83. The quantitative estimate of drug-likeness (QED) is 0.183. The lowest BCUT2D eigenvalue weighted by atomic mass is 9.74. The second-order valence-corrected chi connectivity index (χ2v) is 18.6. The Labute approximate surface area is 373 Å². The van der Waals surface area contributed by atoms with E-state index in [-0.39, 0.29) is 36.1 Å². The maximum Gasteiger partial charge on any atom is 0.320 e. The van der Waals surface area contributed by atoms with E-state index in [2.05, 4.69) is 49.8 Å². The van der Waals surface area contributed by atoms with Crippen LogP contribution in [0, 0.1) is 5.92 Å². The second-order valence-electron chi connectivity index (χ2n) is 18.6. The van der Waals surface area contributed by atoms with Crippen molar-refractivity contribution in [2.24, 2.45) is 11.7 Å². The first kappa shape index (κ1) is 43.2. The van der Waals surface area contributed by atoms with Crippen LogP contribution >= 0.6 is 0 Å². The molecule has 17 heteroatoms.